The highest BCUT2D eigenvalue weighted by Gasteiger charge is 2.28. The Morgan fingerprint density at radius 3 is 1.11 bits per heavy atom. The molecule has 3 unspecified atom stereocenters. The van der Waals surface area contributed by atoms with Crippen LogP contribution in [0.15, 0.2) is 72.9 Å². The third kappa shape index (κ3) is 49.9. The van der Waals surface area contributed by atoms with Crippen LogP contribution < -0.4 is 0 Å². The second-order valence-corrected chi connectivity index (χ2v) is 19.8. The molecule has 0 rings (SSSR count). The van der Waals surface area contributed by atoms with Crippen LogP contribution in [-0.2, 0) is 42.2 Å². The molecule has 0 aliphatic carbocycles. The van der Waals surface area contributed by atoms with Crippen LogP contribution in [0.4, 0.5) is 0 Å². The molecule has 0 amide bonds. The molecule has 11 nitrogen and oxygen atoms in total. The number of ether oxygens (including phenoxy) is 3. The van der Waals surface area contributed by atoms with Gasteiger partial charge in [-0.1, -0.05) is 235 Å². The smallest absolute Gasteiger partial charge is 0.462 e. The summed E-state index contributed by atoms with van der Waals surface area (Å²) in [5.41, 5.74) is 0. The lowest BCUT2D eigenvalue weighted by Gasteiger charge is -2.21. The minimum absolute atomic E-state index is 0.102. The molecule has 0 saturated carbocycles. The Kier molecular flexibility index (Phi) is 50.0. The lowest BCUT2D eigenvalue weighted by atomic mass is 10.0. The maximum Gasteiger partial charge on any atom is 0.472 e. The van der Waals surface area contributed by atoms with E-state index < -0.39 is 57.8 Å². The van der Waals surface area contributed by atoms with Gasteiger partial charge in [-0.2, -0.15) is 0 Å². The zero-order valence-electron chi connectivity index (χ0n) is 44.5. The molecule has 70 heavy (non-hydrogen) atoms. The Morgan fingerprint density at radius 2 is 0.743 bits per heavy atom. The summed E-state index contributed by atoms with van der Waals surface area (Å²) >= 11 is 0. The number of aliphatic hydroxyl groups excluding tert-OH is 1. The van der Waals surface area contributed by atoms with Crippen LogP contribution in [0.5, 0.6) is 0 Å². The highest BCUT2D eigenvalue weighted by atomic mass is 31.2. The van der Waals surface area contributed by atoms with E-state index in [-0.39, 0.29) is 25.9 Å². The Balaban J connectivity index is 4.82. The molecule has 0 bridgehead atoms. The second kappa shape index (κ2) is 52.2. The van der Waals surface area contributed by atoms with Gasteiger partial charge >= 0.3 is 25.7 Å². The maximum absolute atomic E-state index is 12.9. The van der Waals surface area contributed by atoms with E-state index in [0.717, 1.165) is 77.0 Å². The zero-order chi connectivity index (χ0) is 51.3. The molecule has 0 aliphatic rings. The standard InChI is InChI=1S/C58H101O11P/c1-4-7-10-13-16-19-22-24-25-26-27-28-29-31-33-35-38-41-44-47-56(60)65-51-55(69-58(62)49-46-43-40-37-34-30-23-20-17-14-11-8-5-2)53-67-70(63,64)66-52-54(50-59)68-57(61)48-45-42-39-36-32-21-18-15-12-9-6-3/h7,10,16,19,24-25,27-28,31,33,38,41,54-55,59H,4-6,8-9,11-15,17-18,20-23,26,29-30,32,34-37,39-40,42-53H2,1-3H3,(H,63,64)/b10-7-,19-16-,25-24-,28-27-,33-31-,41-38-. The normalized spacial score (nSPS) is 14.0. The van der Waals surface area contributed by atoms with Crippen molar-refractivity contribution in [1.82, 2.24) is 0 Å². The Morgan fingerprint density at radius 1 is 0.414 bits per heavy atom. The average Bonchev–Trinajstić information content (AvgIpc) is 3.35. The highest BCUT2D eigenvalue weighted by Crippen LogP contribution is 2.43. The van der Waals surface area contributed by atoms with Crippen LogP contribution in [-0.4, -0.2) is 66.5 Å². The van der Waals surface area contributed by atoms with Crippen molar-refractivity contribution in [2.75, 3.05) is 26.4 Å². The van der Waals surface area contributed by atoms with Gasteiger partial charge in [0.25, 0.3) is 0 Å². The van der Waals surface area contributed by atoms with E-state index in [1.807, 2.05) is 12.2 Å². The molecule has 0 fully saturated rings. The van der Waals surface area contributed by atoms with Crippen molar-refractivity contribution >= 4 is 25.7 Å². The lowest BCUT2D eigenvalue weighted by molar-refractivity contribution is -0.161. The first-order valence-corrected chi connectivity index (χ1v) is 29.3. The molecule has 0 aromatic heterocycles. The fraction of sp³-hybridized carbons (Fsp3) is 0.741. The lowest BCUT2D eigenvalue weighted by Crippen LogP contribution is -2.30. The van der Waals surface area contributed by atoms with Gasteiger partial charge in [-0.15, -0.1) is 0 Å². The van der Waals surface area contributed by atoms with Crippen LogP contribution in [0.3, 0.4) is 0 Å². The predicted octanol–water partition coefficient (Wildman–Crippen LogP) is 16.1. The Bertz CT molecular complexity index is 1450. The van der Waals surface area contributed by atoms with Gasteiger partial charge in [0.2, 0.25) is 0 Å². The summed E-state index contributed by atoms with van der Waals surface area (Å²) in [5.74, 6) is -1.56. The van der Waals surface area contributed by atoms with Gasteiger partial charge in [-0.3, -0.25) is 23.4 Å². The van der Waals surface area contributed by atoms with Gasteiger partial charge in [0.05, 0.1) is 19.8 Å². The molecule has 3 atom stereocenters. The van der Waals surface area contributed by atoms with Crippen molar-refractivity contribution in [3.05, 3.63) is 72.9 Å². The van der Waals surface area contributed by atoms with Gasteiger partial charge in [-0.25, -0.2) is 4.57 Å². The van der Waals surface area contributed by atoms with Gasteiger partial charge < -0.3 is 24.2 Å². The number of unbranched alkanes of at least 4 members (excludes halogenated alkanes) is 22. The largest absolute Gasteiger partial charge is 0.472 e. The van der Waals surface area contributed by atoms with Crippen molar-refractivity contribution in [2.45, 2.75) is 251 Å². The number of phosphoric ester groups is 1. The molecule has 0 heterocycles. The van der Waals surface area contributed by atoms with Crippen LogP contribution >= 0.6 is 7.82 Å². The van der Waals surface area contributed by atoms with Crippen molar-refractivity contribution < 1.29 is 52.2 Å². The summed E-state index contributed by atoms with van der Waals surface area (Å²) in [6, 6.07) is 0. The molecule has 0 aliphatic heterocycles. The van der Waals surface area contributed by atoms with Gasteiger partial charge in [-0.05, 0) is 57.8 Å². The highest BCUT2D eigenvalue weighted by molar-refractivity contribution is 7.47. The molecule has 0 aromatic rings. The molecule has 0 radical (unpaired) electrons. The predicted molar refractivity (Wildman–Crippen MR) is 288 cm³/mol. The molecule has 2 N–H and O–H groups in total. The van der Waals surface area contributed by atoms with Gasteiger partial charge in [0.15, 0.2) is 6.10 Å². The summed E-state index contributed by atoms with van der Waals surface area (Å²) in [7, 11) is -4.76. The van der Waals surface area contributed by atoms with Crippen molar-refractivity contribution in [3.8, 4) is 0 Å². The summed E-state index contributed by atoms with van der Waals surface area (Å²) in [5, 5.41) is 9.78. The molecule has 404 valence electrons. The first-order valence-electron chi connectivity index (χ1n) is 27.8. The van der Waals surface area contributed by atoms with Crippen molar-refractivity contribution in [1.29, 1.82) is 0 Å². The summed E-state index contributed by atoms with van der Waals surface area (Å²) in [4.78, 5) is 48.4. The number of carbonyl (C=O) groups is 3. The number of esters is 3. The van der Waals surface area contributed by atoms with Crippen molar-refractivity contribution in [2.24, 2.45) is 0 Å². The minimum atomic E-state index is -4.76. The third-order valence-corrected chi connectivity index (χ3v) is 12.6. The maximum atomic E-state index is 12.9. The number of phosphoric acid groups is 1. The fourth-order valence-corrected chi connectivity index (χ4v) is 8.23. The number of rotatable bonds is 51. The van der Waals surface area contributed by atoms with Crippen LogP contribution in [0, 0.1) is 0 Å². The van der Waals surface area contributed by atoms with E-state index in [9.17, 15) is 28.9 Å². The van der Waals surface area contributed by atoms with E-state index in [4.69, 9.17) is 23.3 Å². The summed E-state index contributed by atoms with van der Waals surface area (Å²) in [6.07, 6.45) is 57.4. The number of carbonyl (C=O) groups excluding carboxylic acids is 3. The van der Waals surface area contributed by atoms with E-state index in [2.05, 4.69) is 81.5 Å². The van der Waals surface area contributed by atoms with Crippen LogP contribution in [0.2, 0.25) is 0 Å². The molecule has 12 heteroatoms. The van der Waals surface area contributed by atoms with E-state index in [1.165, 1.54) is 103 Å². The minimum Gasteiger partial charge on any atom is -0.462 e. The molecule has 0 saturated heterocycles. The Hall–Kier alpha value is -3.08. The first kappa shape index (κ1) is 66.9. The van der Waals surface area contributed by atoms with E-state index >= 15 is 0 Å². The number of aliphatic hydroxyl groups is 1. The number of hydrogen-bond acceptors (Lipinski definition) is 10. The zero-order valence-corrected chi connectivity index (χ0v) is 45.4. The van der Waals surface area contributed by atoms with E-state index in [0.29, 0.717) is 19.3 Å². The van der Waals surface area contributed by atoms with Gasteiger partial charge in [0, 0.05) is 19.3 Å². The number of hydrogen-bond donors (Lipinski definition) is 2. The van der Waals surface area contributed by atoms with Crippen molar-refractivity contribution in [3.63, 3.8) is 0 Å². The van der Waals surface area contributed by atoms with E-state index in [1.54, 1.807) is 0 Å². The fourth-order valence-electron chi connectivity index (χ4n) is 7.44. The SMILES string of the molecule is CC/C=C\C/C=C\C/C=C\C/C=C\C/C=C\C/C=C\CCC(=O)OCC(COP(=O)(O)OCC(CO)OC(=O)CCCCCCCCCCCCC)OC(=O)CCCCCCCCCCCCCCC. The quantitative estimate of drug-likeness (QED) is 0.0197. The number of allylic oxidation sites excluding steroid dienone is 12. The monoisotopic (exact) mass is 1000 g/mol. The first-order chi connectivity index (χ1) is 34.2. The van der Waals surface area contributed by atoms with Gasteiger partial charge in [0.1, 0.15) is 12.7 Å². The summed E-state index contributed by atoms with van der Waals surface area (Å²) < 4.78 is 39.3. The Labute approximate surface area is 427 Å². The molecular formula is C58H101O11P. The van der Waals surface area contributed by atoms with Crippen LogP contribution in [0.25, 0.3) is 0 Å². The second-order valence-electron chi connectivity index (χ2n) is 18.4. The molecular weight excluding hydrogens is 904 g/mol. The van der Waals surface area contributed by atoms with Crippen LogP contribution in [0.1, 0.15) is 239 Å². The third-order valence-electron chi connectivity index (χ3n) is 11.7. The average molecular weight is 1010 g/mol. The molecule has 0 aromatic carbocycles. The topological polar surface area (TPSA) is 155 Å². The molecule has 0 spiro atoms. The summed E-state index contributed by atoms with van der Waals surface area (Å²) in [6.45, 7) is 4.44.